The summed E-state index contributed by atoms with van der Waals surface area (Å²) in [6.07, 6.45) is 0.990. The third kappa shape index (κ3) is 1.87. The second-order valence-electron chi connectivity index (χ2n) is 3.76. The summed E-state index contributed by atoms with van der Waals surface area (Å²) < 4.78 is 0. The van der Waals surface area contributed by atoms with Crippen LogP contribution in [0.5, 0.6) is 0 Å². The molecule has 0 unspecified atom stereocenters. The number of carbonyl (C=O) groups is 2. The summed E-state index contributed by atoms with van der Waals surface area (Å²) in [5.41, 5.74) is 8.17. The molecule has 2 aliphatic rings. The van der Waals surface area contributed by atoms with E-state index in [0.717, 1.165) is 0 Å². The van der Waals surface area contributed by atoms with E-state index >= 15 is 0 Å². The highest BCUT2D eigenvalue weighted by Crippen LogP contribution is 2.17. The first-order valence-corrected chi connectivity index (χ1v) is 4.83. The van der Waals surface area contributed by atoms with E-state index in [1.54, 1.807) is 4.90 Å². The molecular weight excluding hydrogens is 198 g/mol. The van der Waals surface area contributed by atoms with Gasteiger partial charge in [-0.2, -0.15) is 0 Å². The molecule has 0 aliphatic carbocycles. The highest BCUT2D eigenvalue weighted by atomic mass is 16.2. The SMILES string of the molecule is [N-]=[N+]=NC1CN(C(=O)[C@H]2CCC(=O)N2)C1. The molecule has 2 amide bonds. The van der Waals surface area contributed by atoms with Gasteiger partial charge in [0.15, 0.2) is 0 Å². The van der Waals surface area contributed by atoms with Crippen molar-refractivity contribution >= 4 is 11.8 Å². The van der Waals surface area contributed by atoms with Gasteiger partial charge >= 0.3 is 0 Å². The zero-order valence-corrected chi connectivity index (χ0v) is 8.09. The summed E-state index contributed by atoms with van der Waals surface area (Å²) in [7, 11) is 0. The fourth-order valence-corrected chi connectivity index (χ4v) is 1.80. The standard InChI is InChI=1S/C8H11N5O2/c9-12-11-5-3-13(4-5)8(15)6-1-2-7(14)10-6/h5-6H,1-4H2,(H,10,14)/t6-/m1/s1. The van der Waals surface area contributed by atoms with Gasteiger partial charge in [0.1, 0.15) is 6.04 Å². The molecule has 15 heavy (non-hydrogen) atoms. The van der Waals surface area contributed by atoms with Crippen molar-refractivity contribution in [3.63, 3.8) is 0 Å². The van der Waals surface area contributed by atoms with E-state index in [-0.39, 0.29) is 23.9 Å². The van der Waals surface area contributed by atoms with Crippen LogP contribution in [0.3, 0.4) is 0 Å². The van der Waals surface area contributed by atoms with Crippen molar-refractivity contribution in [2.24, 2.45) is 5.11 Å². The Kier molecular flexibility index (Phi) is 2.47. The molecule has 0 aromatic carbocycles. The second kappa shape index (κ2) is 3.78. The summed E-state index contributed by atoms with van der Waals surface area (Å²) in [6.45, 7) is 0.935. The predicted octanol–water partition coefficient (Wildman–Crippen LogP) is -0.214. The zero-order chi connectivity index (χ0) is 10.8. The predicted molar refractivity (Wildman–Crippen MR) is 50.7 cm³/mol. The van der Waals surface area contributed by atoms with Crippen molar-refractivity contribution < 1.29 is 9.59 Å². The van der Waals surface area contributed by atoms with E-state index in [2.05, 4.69) is 15.3 Å². The average molecular weight is 209 g/mol. The van der Waals surface area contributed by atoms with Crippen LogP contribution in [-0.4, -0.2) is 41.9 Å². The Bertz CT molecular complexity index is 343. The lowest BCUT2D eigenvalue weighted by Crippen LogP contribution is -2.57. The van der Waals surface area contributed by atoms with Crippen molar-refractivity contribution in [3.8, 4) is 0 Å². The van der Waals surface area contributed by atoms with Crippen LogP contribution in [-0.2, 0) is 9.59 Å². The first kappa shape index (κ1) is 9.79. The fourth-order valence-electron chi connectivity index (χ4n) is 1.80. The van der Waals surface area contributed by atoms with Gasteiger partial charge in [0, 0.05) is 24.4 Å². The quantitative estimate of drug-likeness (QED) is 0.386. The van der Waals surface area contributed by atoms with E-state index in [1.807, 2.05) is 0 Å². The van der Waals surface area contributed by atoms with Crippen LogP contribution in [0.25, 0.3) is 10.4 Å². The highest BCUT2D eigenvalue weighted by molar-refractivity contribution is 5.91. The van der Waals surface area contributed by atoms with E-state index in [4.69, 9.17) is 5.53 Å². The Morgan fingerprint density at radius 1 is 1.60 bits per heavy atom. The molecule has 7 heteroatoms. The summed E-state index contributed by atoms with van der Waals surface area (Å²) in [5, 5.41) is 6.12. The molecule has 80 valence electrons. The number of carbonyl (C=O) groups excluding carboxylic acids is 2. The molecule has 1 N–H and O–H groups in total. The zero-order valence-electron chi connectivity index (χ0n) is 8.09. The van der Waals surface area contributed by atoms with Gasteiger partial charge in [0.05, 0.1) is 6.04 Å². The molecule has 0 radical (unpaired) electrons. The minimum absolute atomic E-state index is 0.0646. The number of amides is 2. The monoisotopic (exact) mass is 209 g/mol. The number of rotatable bonds is 2. The summed E-state index contributed by atoms with van der Waals surface area (Å²) >= 11 is 0. The third-order valence-corrected chi connectivity index (χ3v) is 2.68. The second-order valence-corrected chi connectivity index (χ2v) is 3.76. The lowest BCUT2D eigenvalue weighted by atomic mass is 10.1. The van der Waals surface area contributed by atoms with Crippen molar-refractivity contribution in [3.05, 3.63) is 10.4 Å². The molecule has 0 spiro atoms. The molecule has 7 nitrogen and oxygen atoms in total. The van der Waals surface area contributed by atoms with Crippen molar-refractivity contribution in [2.75, 3.05) is 13.1 Å². The topological polar surface area (TPSA) is 98.2 Å². The van der Waals surface area contributed by atoms with Gasteiger partial charge < -0.3 is 10.2 Å². The minimum Gasteiger partial charge on any atom is -0.344 e. The first-order valence-electron chi connectivity index (χ1n) is 4.83. The molecule has 2 fully saturated rings. The molecule has 0 bridgehead atoms. The number of nitrogens with one attached hydrogen (secondary N) is 1. The van der Waals surface area contributed by atoms with Crippen molar-refractivity contribution in [1.82, 2.24) is 10.2 Å². The van der Waals surface area contributed by atoms with Crippen LogP contribution >= 0.6 is 0 Å². The van der Waals surface area contributed by atoms with Crippen LogP contribution in [0.4, 0.5) is 0 Å². The number of likely N-dealkylation sites (tertiary alicyclic amines) is 1. The van der Waals surface area contributed by atoms with Crippen molar-refractivity contribution in [2.45, 2.75) is 24.9 Å². The largest absolute Gasteiger partial charge is 0.344 e. The average Bonchev–Trinajstić information content (AvgIpc) is 2.56. The highest BCUT2D eigenvalue weighted by Gasteiger charge is 2.36. The molecule has 2 rings (SSSR count). The lowest BCUT2D eigenvalue weighted by molar-refractivity contribution is -0.138. The van der Waals surface area contributed by atoms with E-state index in [0.29, 0.717) is 25.9 Å². The molecule has 2 aliphatic heterocycles. The van der Waals surface area contributed by atoms with Crippen LogP contribution in [0.1, 0.15) is 12.8 Å². The van der Waals surface area contributed by atoms with Crippen LogP contribution in [0, 0.1) is 0 Å². The Morgan fingerprint density at radius 3 is 2.87 bits per heavy atom. The molecule has 0 aromatic rings. The maximum absolute atomic E-state index is 11.7. The van der Waals surface area contributed by atoms with E-state index in [1.165, 1.54) is 0 Å². The summed E-state index contributed by atoms with van der Waals surface area (Å²) in [6, 6.07) is -0.472. The molecule has 2 heterocycles. The van der Waals surface area contributed by atoms with Crippen LogP contribution in [0.15, 0.2) is 5.11 Å². The van der Waals surface area contributed by atoms with E-state index in [9.17, 15) is 9.59 Å². The van der Waals surface area contributed by atoms with E-state index < -0.39 is 0 Å². The molecular formula is C8H11N5O2. The van der Waals surface area contributed by atoms with Gasteiger partial charge in [0.25, 0.3) is 0 Å². The molecule has 2 saturated heterocycles. The van der Waals surface area contributed by atoms with Crippen LogP contribution < -0.4 is 5.32 Å². The summed E-state index contributed by atoms with van der Waals surface area (Å²) in [4.78, 5) is 26.9. The minimum atomic E-state index is -0.371. The lowest BCUT2D eigenvalue weighted by Gasteiger charge is -2.37. The number of nitrogens with zero attached hydrogens (tertiary/aromatic N) is 4. The normalized spacial score (nSPS) is 25.5. The summed E-state index contributed by atoms with van der Waals surface area (Å²) in [5.74, 6) is -0.134. The maximum atomic E-state index is 11.7. The van der Waals surface area contributed by atoms with Gasteiger partial charge in [-0.25, -0.2) is 0 Å². The van der Waals surface area contributed by atoms with Gasteiger partial charge in [-0.05, 0) is 12.0 Å². The molecule has 0 aromatic heterocycles. The van der Waals surface area contributed by atoms with Crippen molar-refractivity contribution in [1.29, 1.82) is 0 Å². The maximum Gasteiger partial charge on any atom is 0.245 e. The Labute approximate surface area is 86.0 Å². The van der Waals surface area contributed by atoms with Gasteiger partial charge in [-0.1, -0.05) is 5.11 Å². The van der Waals surface area contributed by atoms with Gasteiger partial charge in [-0.15, -0.1) is 0 Å². The first-order chi connectivity index (χ1) is 7.20. The molecule has 0 saturated carbocycles. The molecule has 1 atom stereocenters. The van der Waals surface area contributed by atoms with Gasteiger partial charge in [-0.3, -0.25) is 9.59 Å². The third-order valence-electron chi connectivity index (χ3n) is 2.68. The van der Waals surface area contributed by atoms with Gasteiger partial charge in [0.2, 0.25) is 11.8 Å². The number of hydrogen-bond acceptors (Lipinski definition) is 3. The Morgan fingerprint density at radius 2 is 2.33 bits per heavy atom. The fraction of sp³-hybridized carbons (Fsp3) is 0.750. The number of azide groups is 1. The smallest absolute Gasteiger partial charge is 0.245 e. The number of hydrogen-bond donors (Lipinski definition) is 1. The Balaban J connectivity index is 1.84. The Hall–Kier alpha value is -1.75. The van der Waals surface area contributed by atoms with Crippen LogP contribution in [0.2, 0.25) is 0 Å².